The Morgan fingerprint density at radius 3 is 2.11 bits per heavy atom. The molecular formula is C32H37N3O3. The molecule has 0 saturated carbocycles. The summed E-state index contributed by atoms with van der Waals surface area (Å²) in [6.07, 6.45) is 8.63. The van der Waals surface area contributed by atoms with Crippen LogP contribution in [0.3, 0.4) is 0 Å². The van der Waals surface area contributed by atoms with Crippen LogP contribution in [-0.4, -0.2) is 65.2 Å². The molecule has 0 bridgehead atoms. The summed E-state index contributed by atoms with van der Waals surface area (Å²) in [5.74, 6) is -0.442. The van der Waals surface area contributed by atoms with Crippen LogP contribution in [0.4, 0.5) is 0 Å². The van der Waals surface area contributed by atoms with Gasteiger partial charge in [0, 0.05) is 38.8 Å². The maximum atomic E-state index is 12.0. The van der Waals surface area contributed by atoms with Gasteiger partial charge in [-0.05, 0) is 48.2 Å². The van der Waals surface area contributed by atoms with Crippen molar-refractivity contribution in [2.75, 3.05) is 39.3 Å². The Labute approximate surface area is 225 Å². The van der Waals surface area contributed by atoms with Gasteiger partial charge >= 0.3 is 0 Å². The van der Waals surface area contributed by atoms with Gasteiger partial charge in [0.25, 0.3) is 0 Å². The molecule has 3 N–H and O–H groups in total. The number of allylic oxidation sites excluding steroid dienone is 2. The summed E-state index contributed by atoms with van der Waals surface area (Å²) in [5.41, 5.74) is 3.42. The van der Waals surface area contributed by atoms with Gasteiger partial charge in [0.1, 0.15) is 0 Å². The number of unbranched alkanes of at least 4 members (excludes halogenated alkanes) is 1. The summed E-state index contributed by atoms with van der Waals surface area (Å²) in [7, 11) is 0. The van der Waals surface area contributed by atoms with Gasteiger partial charge in [0.2, 0.25) is 5.91 Å². The average Bonchev–Trinajstić information content (AvgIpc) is 2.95. The number of nitrogens with one attached hydrogen (secondary N) is 1. The van der Waals surface area contributed by atoms with E-state index in [1.165, 1.54) is 29.3 Å². The van der Waals surface area contributed by atoms with Crippen molar-refractivity contribution in [2.24, 2.45) is 0 Å². The summed E-state index contributed by atoms with van der Waals surface area (Å²) >= 11 is 0. The van der Waals surface area contributed by atoms with Crippen molar-refractivity contribution in [3.8, 4) is 11.5 Å². The van der Waals surface area contributed by atoms with Crippen molar-refractivity contribution in [1.29, 1.82) is 0 Å². The van der Waals surface area contributed by atoms with Crippen LogP contribution in [0, 0.1) is 0 Å². The second kappa shape index (κ2) is 14.2. The third-order valence-electron chi connectivity index (χ3n) is 6.85. The molecule has 1 aliphatic rings. The number of amides is 1. The van der Waals surface area contributed by atoms with Crippen molar-refractivity contribution >= 4 is 12.0 Å². The molecule has 0 radical (unpaired) electrons. The number of hydrogen-bond acceptors (Lipinski definition) is 5. The largest absolute Gasteiger partial charge is 0.504 e. The molecule has 6 heteroatoms. The number of aromatic hydroxyl groups is 2. The molecule has 198 valence electrons. The number of rotatable bonds is 11. The topological polar surface area (TPSA) is 76.0 Å². The maximum absolute atomic E-state index is 12.0. The van der Waals surface area contributed by atoms with Crippen LogP contribution < -0.4 is 5.32 Å². The lowest BCUT2D eigenvalue weighted by Crippen LogP contribution is -2.48. The summed E-state index contributed by atoms with van der Waals surface area (Å²) in [4.78, 5) is 17.1. The van der Waals surface area contributed by atoms with E-state index in [1.54, 1.807) is 24.3 Å². The molecule has 6 nitrogen and oxygen atoms in total. The van der Waals surface area contributed by atoms with Crippen LogP contribution in [0.25, 0.3) is 6.08 Å². The van der Waals surface area contributed by atoms with E-state index < -0.39 is 0 Å². The molecule has 1 amide bonds. The molecule has 1 fully saturated rings. The van der Waals surface area contributed by atoms with Crippen LogP contribution in [0.15, 0.2) is 97.1 Å². The molecule has 0 atom stereocenters. The van der Waals surface area contributed by atoms with Crippen molar-refractivity contribution in [2.45, 2.75) is 18.9 Å². The van der Waals surface area contributed by atoms with Gasteiger partial charge in [-0.2, -0.15) is 0 Å². The summed E-state index contributed by atoms with van der Waals surface area (Å²) in [6, 6.07) is 26.4. The average molecular weight is 512 g/mol. The number of carbonyl (C=O) groups is 1. The van der Waals surface area contributed by atoms with Crippen LogP contribution in [0.2, 0.25) is 0 Å². The molecule has 3 aromatic carbocycles. The lowest BCUT2D eigenvalue weighted by molar-refractivity contribution is -0.116. The lowest BCUT2D eigenvalue weighted by Gasteiger charge is -2.39. The molecule has 4 rings (SSSR count). The minimum atomic E-state index is -0.167. The number of nitrogens with zero attached hydrogens (tertiary/aromatic N) is 2. The second-order valence-corrected chi connectivity index (χ2v) is 9.57. The Kier molecular flexibility index (Phi) is 10.1. The van der Waals surface area contributed by atoms with Crippen molar-refractivity contribution in [3.05, 3.63) is 114 Å². The highest BCUT2D eigenvalue weighted by Gasteiger charge is 2.26. The van der Waals surface area contributed by atoms with E-state index in [4.69, 9.17) is 0 Å². The van der Waals surface area contributed by atoms with Crippen LogP contribution in [-0.2, 0) is 4.79 Å². The Hall–Kier alpha value is -3.87. The molecule has 1 aliphatic heterocycles. The Bertz CT molecular complexity index is 1160. The van der Waals surface area contributed by atoms with E-state index in [2.05, 4.69) is 75.8 Å². The van der Waals surface area contributed by atoms with Gasteiger partial charge in [-0.15, -0.1) is 0 Å². The monoisotopic (exact) mass is 511 g/mol. The summed E-state index contributed by atoms with van der Waals surface area (Å²) < 4.78 is 0. The van der Waals surface area contributed by atoms with E-state index >= 15 is 0 Å². The SMILES string of the molecule is O=C(C=CC=Cc1ccc(O)c(O)c1)NCCCCN1CCN(C(c2ccccc2)c2ccccc2)CC1. The quantitative estimate of drug-likeness (QED) is 0.147. The van der Waals surface area contributed by atoms with Crippen molar-refractivity contribution in [3.63, 3.8) is 0 Å². The zero-order chi connectivity index (χ0) is 26.6. The summed E-state index contributed by atoms with van der Waals surface area (Å²) in [6.45, 7) is 5.87. The predicted octanol–water partition coefficient (Wildman–Crippen LogP) is 4.97. The van der Waals surface area contributed by atoms with Gasteiger partial charge in [-0.3, -0.25) is 9.69 Å². The lowest BCUT2D eigenvalue weighted by atomic mass is 9.96. The highest BCUT2D eigenvalue weighted by atomic mass is 16.3. The fourth-order valence-corrected chi connectivity index (χ4v) is 4.81. The van der Waals surface area contributed by atoms with Crippen LogP contribution >= 0.6 is 0 Å². The minimum absolute atomic E-state index is 0.121. The van der Waals surface area contributed by atoms with E-state index in [-0.39, 0.29) is 23.4 Å². The molecule has 0 unspecified atom stereocenters. The van der Waals surface area contributed by atoms with Crippen LogP contribution in [0.1, 0.15) is 35.6 Å². The van der Waals surface area contributed by atoms with Crippen molar-refractivity contribution < 1.29 is 15.0 Å². The van der Waals surface area contributed by atoms with E-state index in [0.717, 1.165) is 51.1 Å². The fourth-order valence-electron chi connectivity index (χ4n) is 4.81. The number of phenols is 2. The standard InChI is InChI=1S/C32H37N3O3/c36-29-18-17-26(25-30(29)37)11-7-8-16-31(38)33-19-9-10-20-34-21-23-35(24-22-34)32(27-12-3-1-4-13-27)28-14-5-2-6-15-28/h1-8,11-18,25,32,36-37H,9-10,19-24H2,(H,33,38). The number of phenolic OH excluding ortho intramolecular Hbond substituents is 2. The first-order valence-corrected chi connectivity index (χ1v) is 13.3. The number of piperazine rings is 1. The molecule has 0 aliphatic carbocycles. The highest BCUT2D eigenvalue weighted by Crippen LogP contribution is 2.29. The number of benzene rings is 3. The Balaban J connectivity index is 1.14. The zero-order valence-corrected chi connectivity index (χ0v) is 21.7. The van der Waals surface area contributed by atoms with Crippen molar-refractivity contribution in [1.82, 2.24) is 15.1 Å². The van der Waals surface area contributed by atoms with Gasteiger partial charge < -0.3 is 20.4 Å². The first-order valence-electron chi connectivity index (χ1n) is 13.3. The van der Waals surface area contributed by atoms with Gasteiger partial charge in [0.15, 0.2) is 11.5 Å². The molecule has 1 heterocycles. The summed E-state index contributed by atoms with van der Waals surface area (Å²) in [5, 5.41) is 21.8. The highest BCUT2D eigenvalue weighted by molar-refractivity contribution is 5.87. The zero-order valence-electron chi connectivity index (χ0n) is 21.7. The van der Waals surface area contributed by atoms with Gasteiger partial charge in [-0.1, -0.05) is 85.0 Å². The second-order valence-electron chi connectivity index (χ2n) is 9.57. The first kappa shape index (κ1) is 27.2. The molecule has 38 heavy (non-hydrogen) atoms. The normalized spacial score (nSPS) is 15.0. The first-order chi connectivity index (χ1) is 18.6. The van der Waals surface area contributed by atoms with Gasteiger partial charge in [0.05, 0.1) is 6.04 Å². The molecule has 3 aromatic rings. The molecular weight excluding hydrogens is 474 g/mol. The molecule has 1 saturated heterocycles. The smallest absolute Gasteiger partial charge is 0.243 e. The van der Waals surface area contributed by atoms with E-state index in [9.17, 15) is 15.0 Å². The predicted molar refractivity (Wildman–Crippen MR) is 153 cm³/mol. The van der Waals surface area contributed by atoms with E-state index in [0.29, 0.717) is 6.54 Å². The molecule has 0 spiro atoms. The minimum Gasteiger partial charge on any atom is -0.504 e. The molecule has 0 aromatic heterocycles. The fraction of sp³-hybridized carbons (Fsp3) is 0.281. The van der Waals surface area contributed by atoms with Crippen LogP contribution in [0.5, 0.6) is 11.5 Å². The maximum Gasteiger partial charge on any atom is 0.243 e. The Morgan fingerprint density at radius 2 is 1.47 bits per heavy atom. The van der Waals surface area contributed by atoms with Gasteiger partial charge in [-0.25, -0.2) is 0 Å². The van der Waals surface area contributed by atoms with E-state index in [1.807, 2.05) is 0 Å². The third kappa shape index (κ3) is 8.07. The Morgan fingerprint density at radius 1 is 0.816 bits per heavy atom. The number of carbonyl (C=O) groups excluding carboxylic acids is 1. The third-order valence-corrected chi connectivity index (χ3v) is 6.85. The number of hydrogen-bond donors (Lipinski definition) is 3.